The number of hydrogen-bond donors (Lipinski definition) is 1. The summed E-state index contributed by atoms with van der Waals surface area (Å²) >= 11 is 0. The van der Waals surface area contributed by atoms with E-state index in [-0.39, 0.29) is 0 Å². The number of rotatable bonds is 0. The molecule has 0 amide bonds. The van der Waals surface area contributed by atoms with E-state index in [2.05, 4.69) is 4.98 Å². The molecule has 0 spiro atoms. The maximum absolute atomic E-state index is 5.87. The Bertz CT molecular complexity index is 317. The van der Waals surface area contributed by atoms with E-state index in [0.717, 1.165) is 11.5 Å². The minimum atomic E-state index is -0.400. The second kappa shape index (κ2) is 2.32. The molecule has 0 aromatic carbocycles. The fourth-order valence-electron chi connectivity index (χ4n) is 1.08. The van der Waals surface area contributed by atoms with Crippen LogP contribution in [0.4, 0.5) is 0 Å². The van der Waals surface area contributed by atoms with Gasteiger partial charge in [0.15, 0.2) is 12.2 Å². The molecule has 0 fully saturated rings. The molecular weight excluding hydrogens is 152 g/mol. The molecule has 0 saturated carbocycles. The number of oxazole rings is 1. The molecule has 1 aliphatic rings. The highest BCUT2D eigenvalue weighted by Crippen LogP contribution is 2.18. The summed E-state index contributed by atoms with van der Waals surface area (Å²) in [6.07, 6.45) is 8.94. The lowest BCUT2D eigenvalue weighted by atomic mass is 10.0. The Balaban J connectivity index is 2.49. The van der Waals surface area contributed by atoms with E-state index in [1.165, 1.54) is 6.39 Å². The Hall–Kier alpha value is -1.35. The highest BCUT2D eigenvalue weighted by Gasteiger charge is 2.14. The summed E-state index contributed by atoms with van der Waals surface area (Å²) < 4.78 is 5.12. The van der Waals surface area contributed by atoms with Crippen LogP contribution in [0.2, 0.25) is 0 Å². The molecule has 1 atom stereocenters. The van der Waals surface area contributed by atoms with E-state index in [1.54, 1.807) is 0 Å². The first kappa shape index (κ1) is 7.31. The van der Waals surface area contributed by atoms with Gasteiger partial charge in [-0.3, -0.25) is 0 Å². The Kier molecular flexibility index (Phi) is 1.41. The van der Waals surface area contributed by atoms with Gasteiger partial charge >= 0.3 is 0 Å². The van der Waals surface area contributed by atoms with E-state index >= 15 is 0 Å². The van der Waals surface area contributed by atoms with Gasteiger partial charge in [-0.1, -0.05) is 12.2 Å². The van der Waals surface area contributed by atoms with Gasteiger partial charge in [-0.25, -0.2) is 4.98 Å². The van der Waals surface area contributed by atoms with Gasteiger partial charge in [-0.05, 0) is 19.1 Å². The van der Waals surface area contributed by atoms with Crippen LogP contribution in [0, 0.1) is 0 Å². The van der Waals surface area contributed by atoms with E-state index < -0.39 is 5.54 Å². The lowest BCUT2D eigenvalue weighted by molar-refractivity contribution is 0.547. The minimum Gasteiger partial charge on any atom is -0.443 e. The van der Waals surface area contributed by atoms with Crippen LogP contribution >= 0.6 is 0 Å². The summed E-state index contributed by atoms with van der Waals surface area (Å²) in [6.45, 7) is 1.92. The third kappa shape index (κ3) is 1.19. The minimum absolute atomic E-state index is 0.400. The smallest absolute Gasteiger partial charge is 0.181 e. The normalized spacial score (nSPS) is 26.8. The van der Waals surface area contributed by atoms with Crippen molar-refractivity contribution in [2.75, 3.05) is 0 Å². The molecule has 3 nitrogen and oxygen atoms in total. The SMILES string of the molecule is CC1(N)C=Cc2ncoc2C=C1. The first-order valence-electron chi connectivity index (χ1n) is 3.78. The molecule has 12 heavy (non-hydrogen) atoms. The molecule has 0 bridgehead atoms. The summed E-state index contributed by atoms with van der Waals surface area (Å²) in [6, 6.07) is 0. The zero-order valence-corrected chi connectivity index (χ0v) is 6.82. The van der Waals surface area contributed by atoms with Gasteiger partial charge in [0, 0.05) is 0 Å². The molecular formula is C9H10N2O. The van der Waals surface area contributed by atoms with E-state index in [0.29, 0.717) is 0 Å². The van der Waals surface area contributed by atoms with E-state index in [1.807, 2.05) is 31.2 Å². The second-order valence-corrected chi connectivity index (χ2v) is 3.13. The first-order valence-corrected chi connectivity index (χ1v) is 3.78. The number of aromatic nitrogens is 1. The Labute approximate surface area is 70.6 Å². The predicted molar refractivity (Wildman–Crippen MR) is 47.2 cm³/mol. The lowest BCUT2D eigenvalue weighted by Crippen LogP contribution is -2.30. The standard InChI is InChI=1S/C9H10N2O/c1-9(10)4-2-7-8(3-5-9)12-6-11-7/h2-6H,10H2,1H3. The fraction of sp³-hybridized carbons (Fsp3) is 0.222. The monoisotopic (exact) mass is 162 g/mol. The van der Waals surface area contributed by atoms with Crippen LogP contribution in [0.15, 0.2) is 23.0 Å². The third-order valence-corrected chi connectivity index (χ3v) is 1.82. The van der Waals surface area contributed by atoms with Crippen molar-refractivity contribution in [3.63, 3.8) is 0 Å². The second-order valence-electron chi connectivity index (χ2n) is 3.13. The maximum Gasteiger partial charge on any atom is 0.181 e. The van der Waals surface area contributed by atoms with E-state index in [9.17, 15) is 0 Å². The Morgan fingerprint density at radius 3 is 3.00 bits per heavy atom. The molecule has 1 unspecified atom stereocenters. The van der Waals surface area contributed by atoms with Crippen LogP contribution < -0.4 is 5.73 Å². The number of hydrogen-bond acceptors (Lipinski definition) is 3. The average molecular weight is 162 g/mol. The van der Waals surface area contributed by atoms with Gasteiger partial charge < -0.3 is 10.2 Å². The van der Waals surface area contributed by atoms with Gasteiger partial charge in [0.2, 0.25) is 0 Å². The zero-order chi connectivity index (χ0) is 8.60. The summed E-state index contributed by atoms with van der Waals surface area (Å²) in [5, 5.41) is 0. The predicted octanol–water partition coefficient (Wildman–Crippen LogP) is 1.43. The molecule has 1 aliphatic carbocycles. The van der Waals surface area contributed by atoms with Crippen LogP contribution in [0.5, 0.6) is 0 Å². The highest BCUT2D eigenvalue weighted by atomic mass is 16.3. The van der Waals surface area contributed by atoms with Crippen molar-refractivity contribution in [2.24, 2.45) is 5.73 Å². The topological polar surface area (TPSA) is 52.0 Å². The largest absolute Gasteiger partial charge is 0.443 e. The van der Waals surface area contributed by atoms with E-state index in [4.69, 9.17) is 10.2 Å². The molecule has 0 aliphatic heterocycles. The molecule has 1 aromatic rings. The third-order valence-electron chi connectivity index (χ3n) is 1.82. The van der Waals surface area contributed by atoms with Gasteiger partial charge in [0.05, 0.1) is 5.54 Å². The Morgan fingerprint density at radius 1 is 1.42 bits per heavy atom. The maximum atomic E-state index is 5.87. The molecule has 1 aromatic heterocycles. The summed E-state index contributed by atoms with van der Waals surface area (Å²) in [7, 11) is 0. The van der Waals surface area contributed by atoms with Crippen molar-refractivity contribution in [2.45, 2.75) is 12.5 Å². The van der Waals surface area contributed by atoms with Crippen molar-refractivity contribution in [3.8, 4) is 0 Å². The molecule has 3 heteroatoms. The van der Waals surface area contributed by atoms with Crippen LogP contribution in [-0.4, -0.2) is 10.5 Å². The number of nitrogens with two attached hydrogens (primary N) is 1. The molecule has 0 saturated heterocycles. The summed E-state index contributed by atoms with van der Waals surface area (Å²) in [5.41, 5.74) is 6.31. The number of nitrogens with zero attached hydrogens (tertiary/aromatic N) is 1. The van der Waals surface area contributed by atoms with Gasteiger partial charge in [-0.2, -0.15) is 0 Å². The molecule has 62 valence electrons. The average Bonchev–Trinajstić information content (AvgIpc) is 2.40. The van der Waals surface area contributed by atoms with Crippen molar-refractivity contribution in [3.05, 3.63) is 30.0 Å². The van der Waals surface area contributed by atoms with Crippen molar-refractivity contribution >= 4 is 12.2 Å². The summed E-state index contributed by atoms with van der Waals surface area (Å²) in [4.78, 5) is 4.02. The molecule has 1 heterocycles. The van der Waals surface area contributed by atoms with Crippen molar-refractivity contribution < 1.29 is 4.42 Å². The van der Waals surface area contributed by atoms with Crippen LogP contribution in [-0.2, 0) is 0 Å². The van der Waals surface area contributed by atoms with Gasteiger partial charge in [0.1, 0.15) is 5.69 Å². The highest BCUT2D eigenvalue weighted by molar-refractivity contribution is 5.63. The molecule has 2 rings (SSSR count). The Morgan fingerprint density at radius 2 is 2.17 bits per heavy atom. The molecule has 2 N–H and O–H groups in total. The summed E-state index contributed by atoms with van der Waals surface area (Å²) in [5.74, 6) is 0.764. The fourth-order valence-corrected chi connectivity index (χ4v) is 1.08. The van der Waals surface area contributed by atoms with Crippen molar-refractivity contribution in [1.82, 2.24) is 4.98 Å². The van der Waals surface area contributed by atoms with Crippen LogP contribution in [0.25, 0.3) is 12.2 Å². The first-order chi connectivity index (χ1) is 5.67. The number of fused-ring (bicyclic) bond motifs is 1. The van der Waals surface area contributed by atoms with Crippen LogP contribution in [0.1, 0.15) is 18.4 Å². The lowest BCUT2D eigenvalue weighted by Gasteiger charge is -2.12. The zero-order valence-electron chi connectivity index (χ0n) is 6.82. The quantitative estimate of drug-likeness (QED) is 0.627. The van der Waals surface area contributed by atoms with Crippen molar-refractivity contribution in [1.29, 1.82) is 0 Å². The van der Waals surface area contributed by atoms with Gasteiger partial charge in [0.25, 0.3) is 0 Å². The van der Waals surface area contributed by atoms with Crippen LogP contribution in [0.3, 0.4) is 0 Å². The molecule has 0 radical (unpaired) electrons. The van der Waals surface area contributed by atoms with Gasteiger partial charge in [-0.15, -0.1) is 0 Å².